The largest absolute Gasteiger partial charge is 0.494 e. The molecule has 4 rings (SSSR count). The van der Waals surface area contributed by atoms with Crippen LogP contribution in [0.2, 0.25) is 0 Å². The van der Waals surface area contributed by atoms with Crippen LogP contribution in [0.25, 0.3) is 0 Å². The van der Waals surface area contributed by atoms with Gasteiger partial charge in [-0.2, -0.15) is 0 Å². The van der Waals surface area contributed by atoms with E-state index in [0.29, 0.717) is 64.4 Å². The van der Waals surface area contributed by atoms with E-state index < -0.39 is 17.8 Å². The molecule has 1 fully saturated rings. The number of rotatable bonds is 10. The van der Waals surface area contributed by atoms with Crippen LogP contribution < -0.4 is 9.64 Å². The average Bonchev–Trinajstić information content (AvgIpc) is 2.96. The quantitative estimate of drug-likeness (QED) is 0.363. The minimum atomic E-state index is -0.633. The van der Waals surface area contributed by atoms with E-state index in [0.717, 1.165) is 23.2 Å². The first kappa shape index (κ1) is 31.2. The lowest BCUT2D eigenvalue weighted by atomic mass is 10.0. The Balaban J connectivity index is 1.38. The van der Waals surface area contributed by atoms with E-state index in [4.69, 9.17) is 18.9 Å². The molecule has 0 N–H and O–H groups in total. The Hall–Kier alpha value is -3.79. The molecule has 0 aromatic heterocycles. The van der Waals surface area contributed by atoms with Crippen LogP contribution in [0.4, 0.5) is 15.3 Å². The fourth-order valence-electron chi connectivity index (χ4n) is 5.19. The number of piperazine rings is 1. The van der Waals surface area contributed by atoms with E-state index >= 15 is 0 Å². The van der Waals surface area contributed by atoms with Crippen molar-refractivity contribution < 1.29 is 33.3 Å². The highest BCUT2D eigenvalue weighted by molar-refractivity contribution is 5.96. The summed E-state index contributed by atoms with van der Waals surface area (Å²) in [5.41, 5.74) is 2.27. The molecule has 0 saturated carbocycles. The Morgan fingerprint density at radius 2 is 1.76 bits per heavy atom. The molecule has 2 aromatic rings. The maximum absolute atomic E-state index is 13.0. The van der Waals surface area contributed by atoms with E-state index in [-0.39, 0.29) is 18.6 Å². The van der Waals surface area contributed by atoms with Gasteiger partial charge in [0.2, 0.25) is 5.91 Å². The molecule has 228 valence electrons. The highest BCUT2D eigenvalue weighted by atomic mass is 16.6. The van der Waals surface area contributed by atoms with Crippen LogP contribution in [-0.2, 0) is 32.0 Å². The lowest BCUT2D eigenvalue weighted by molar-refractivity contribution is -0.118. The number of fused-ring (bicyclic) bond motifs is 1. The Bertz CT molecular complexity index is 1210. The van der Waals surface area contributed by atoms with Gasteiger partial charge in [-0.15, -0.1) is 0 Å². The zero-order valence-corrected chi connectivity index (χ0v) is 25.2. The summed E-state index contributed by atoms with van der Waals surface area (Å²) in [5, 5.41) is 0. The summed E-state index contributed by atoms with van der Waals surface area (Å²) >= 11 is 0. The predicted molar refractivity (Wildman–Crippen MR) is 159 cm³/mol. The Kier molecular flexibility index (Phi) is 10.7. The average molecular weight is 582 g/mol. The van der Waals surface area contributed by atoms with Crippen molar-refractivity contribution in [2.24, 2.45) is 0 Å². The van der Waals surface area contributed by atoms with Crippen LogP contribution >= 0.6 is 0 Å². The lowest BCUT2D eigenvalue weighted by Crippen LogP contribution is -2.57. The number of hydrogen-bond donors (Lipinski definition) is 0. The minimum Gasteiger partial charge on any atom is -0.494 e. The molecule has 0 bridgehead atoms. The van der Waals surface area contributed by atoms with Crippen molar-refractivity contribution in [3.05, 3.63) is 59.7 Å². The Morgan fingerprint density at radius 1 is 0.976 bits per heavy atom. The second kappa shape index (κ2) is 14.4. The molecule has 2 aliphatic heterocycles. The van der Waals surface area contributed by atoms with E-state index in [1.165, 1.54) is 0 Å². The number of carbonyl (C=O) groups excluding carboxylic acids is 3. The van der Waals surface area contributed by atoms with Gasteiger partial charge in [-0.05, 0) is 62.9 Å². The van der Waals surface area contributed by atoms with Crippen molar-refractivity contribution in [1.82, 2.24) is 9.80 Å². The van der Waals surface area contributed by atoms with Crippen molar-refractivity contribution in [3.8, 4) is 5.75 Å². The van der Waals surface area contributed by atoms with Gasteiger partial charge >= 0.3 is 12.2 Å². The van der Waals surface area contributed by atoms with Crippen molar-refractivity contribution in [1.29, 1.82) is 0 Å². The van der Waals surface area contributed by atoms with Crippen molar-refractivity contribution in [2.45, 2.75) is 64.7 Å². The van der Waals surface area contributed by atoms with Crippen LogP contribution in [0.5, 0.6) is 5.75 Å². The summed E-state index contributed by atoms with van der Waals surface area (Å²) in [6, 6.07) is 15.0. The van der Waals surface area contributed by atoms with Crippen LogP contribution in [-0.4, -0.2) is 86.0 Å². The molecule has 2 aromatic carbocycles. The molecule has 2 aliphatic rings. The van der Waals surface area contributed by atoms with E-state index in [2.05, 4.69) is 0 Å². The molecule has 0 spiro atoms. The number of anilines is 1. The fourth-order valence-corrected chi connectivity index (χ4v) is 5.19. The second-order valence-corrected chi connectivity index (χ2v) is 11.6. The summed E-state index contributed by atoms with van der Waals surface area (Å²) in [7, 11) is 1.66. The van der Waals surface area contributed by atoms with Crippen molar-refractivity contribution in [3.63, 3.8) is 0 Å². The number of methoxy groups -OCH3 is 1. The van der Waals surface area contributed by atoms with Gasteiger partial charge in [0.15, 0.2) is 0 Å². The third-order valence-corrected chi connectivity index (χ3v) is 7.28. The van der Waals surface area contributed by atoms with Crippen LogP contribution in [0.15, 0.2) is 48.5 Å². The third-order valence-electron chi connectivity index (χ3n) is 7.28. The molecule has 0 radical (unpaired) electrons. The van der Waals surface area contributed by atoms with Gasteiger partial charge in [-0.25, -0.2) is 9.59 Å². The van der Waals surface area contributed by atoms with E-state index in [1.807, 2.05) is 74.2 Å². The van der Waals surface area contributed by atoms with Crippen LogP contribution in [0, 0.1) is 0 Å². The lowest BCUT2D eigenvalue weighted by Gasteiger charge is -2.41. The number of aryl methyl sites for hydroxylation is 1. The van der Waals surface area contributed by atoms with Gasteiger partial charge in [0.05, 0.1) is 12.6 Å². The van der Waals surface area contributed by atoms with Gasteiger partial charge in [0.25, 0.3) is 0 Å². The minimum absolute atomic E-state index is 0.124. The summed E-state index contributed by atoms with van der Waals surface area (Å²) in [6.07, 6.45) is 1.59. The third kappa shape index (κ3) is 8.61. The molecule has 42 heavy (non-hydrogen) atoms. The zero-order chi connectivity index (χ0) is 30.1. The molecule has 0 aliphatic carbocycles. The van der Waals surface area contributed by atoms with Crippen LogP contribution in [0.3, 0.4) is 0 Å². The number of nitrogens with zero attached hydrogens (tertiary/aromatic N) is 3. The standard InChI is InChI=1S/C32H43N3O7/c1-32(2,3)42-31(38)34-18-17-33(30(37)41-23-24-9-6-5-7-10-24)22-26(34)15-20-40-27-12-13-28-25(21-27)11-14-29(36)35(28)16-8-19-39-4/h5-7,9-10,12-13,21,26H,8,11,14-20,22-23H2,1-4H3/t26-/m1/s1. The van der Waals surface area contributed by atoms with Gasteiger partial charge in [-0.3, -0.25) is 4.79 Å². The topological polar surface area (TPSA) is 97.9 Å². The molecular formula is C32H43N3O7. The van der Waals surface area contributed by atoms with Gasteiger partial charge in [0.1, 0.15) is 18.0 Å². The van der Waals surface area contributed by atoms with E-state index in [1.54, 1.807) is 16.9 Å². The van der Waals surface area contributed by atoms with E-state index in [9.17, 15) is 14.4 Å². The maximum atomic E-state index is 13.0. The summed E-state index contributed by atoms with van der Waals surface area (Å²) < 4.78 is 22.5. The molecule has 10 nitrogen and oxygen atoms in total. The van der Waals surface area contributed by atoms with Gasteiger partial charge in [0, 0.05) is 58.4 Å². The zero-order valence-electron chi connectivity index (χ0n) is 25.2. The number of ether oxygens (including phenoxy) is 4. The van der Waals surface area contributed by atoms with Gasteiger partial charge in [-0.1, -0.05) is 30.3 Å². The summed E-state index contributed by atoms with van der Waals surface area (Å²) in [4.78, 5) is 43.6. The monoisotopic (exact) mass is 581 g/mol. The van der Waals surface area contributed by atoms with Crippen LogP contribution in [0.1, 0.15) is 51.2 Å². The number of hydrogen-bond acceptors (Lipinski definition) is 7. The SMILES string of the molecule is COCCCN1C(=O)CCc2cc(OCC[C@@H]3CN(C(=O)OCc4ccccc4)CCN3C(=O)OC(C)(C)C)ccc21. The predicted octanol–water partition coefficient (Wildman–Crippen LogP) is 5.03. The molecular weight excluding hydrogens is 538 g/mol. The highest BCUT2D eigenvalue weighted by Crippen LogP contribution is 2.31. The molecule has 3 amide bonds. The first-order chi connectivity index (χ1) is 20.1. The Labute approximate surface area is 248 Å². The number of amides is 3. The first-order valence-electron chi connectivity index (χ1n) is 14.6. The highest BCUT2D eigenvalue weighted by Gasteiger charge is 2.35. The maximum Gasteiger partial charge on any atom is 0.410 e. The molecule has 10 heteroatoms. The number of benzene rings is 2. The Morgan fingerprint density at radius 3 is 2.50 bits per heavy atom. The molecule has 0 unspecified atom stereocenters. The molecule has 2 heterocycles. The van der Waals surface area contributed by atoms with Gasteiger partial charge < -0.3 is 33.6 Å². The van der Waals surface area contributed by atoms with Crippen molar-refractivity contribution >= 4 is 23.8 Å². The second-order valence-electron chi connectivity index (χ2n) is 11.6. The normalized spacial score (nSPS) is 17.1. The van der Waals surface area contributed by atoms with Crippen molar-refractivity contribution in [2.75, 3.05) is 51.4 Å². The smallest absolute Gasteiger partial charge is 0.410 e. The summed E-state index contributed by atoms with van der Waals surface area (Å²) in [6.45, 7) is 8.27. The first-order valence-corrected chi connectivity index (χ1v) is 14.6. The summed E-state index contributed by atoms with van der Waals surface area (Å²) in [5.74, 6) is 0.831. The fraction of sp³-hybridized carbons (Fsp3) is 0.531. The number of carbonyl (C=O) groups is 3. The molecule has 1 saturated heterocycles. The molecule has 1 atom stereocenters.